The predicted octanol–water partition coefficient (Wildman–Crippen LogP) is 2.79. The standard InChI is InChI=1S/C16H17N3O2/c1-16(2,20)9-10-6-7-11(17)8-13(10)12-4-3-5-14-15(12)19-21-18-14/h3-8,20H,9,17H2,1-2H3. The highest BCUT2D eigenvalue weighted by molar-refractivity contribution is 5.92. The Morgan fingerprint density at radius 1 is 1.14 bits per heavy atom. The van der Waals surface area contributed by atoms with Crippen molar-refractivity contribution in [2.45, 2.75) is 25.9 Å². The molecular weight excluding hydrogens is 266 g/mol. The molecule has 3 N–H and O–H groups in total. The zero-order valence-electron chi connectivity index (χ0n) is 12.0. The lowest BCUT2D eigenvalue weighted by molar-refractivity contribution is 0.0811. The molecular formula is C16H17N3O2. The Labute approximate surface area is 122 Å². The topological polar surface area (TPSA) is 85.2 Å². The first-order chi connectivity index (χ1) is 9.94. The molecule has 0 amide bonds. The second kappa shape index (κ2) is 4.86. The van der Waals surface area contributed by atoms with Crippen LogP contribution in [0.25, 0.3) is 22.2 Å². The summed E-state index contributed by atoms with van der Waals surface area (Å²) in [5, 5.41) is 17.9. The zero-order chi connectivity index (χ0) is 15.0. The fraction of sp³-hybridized carbons (Fsp3) is 0.250. The van der Waals surface area contributed by atoms with Gasteiger partial charge in [-0.05, 0) is 53.5 Å². The molecule has 108 valence electrons. The van der Waals surface area contributed by atoms with E-state index in [1.165, 1.54) is 0 Å². The minimum atomic E-state index is -0.805. The summed E-state index contributed by atoms with van der Waals surface area (Å²) in [7, 11) is 0. The third-order valence-corrected chi connectivity index (χ3v) is 3.33. The fourth-order valence-corrected chi connectivity index (χ4v) is 2.49. The van der Waals surface area contributed by atoms with Gasteiger partial charge in [-0.2, -0.15) is 0 Å². The first-order valence-corrected chi connectivity index (χ1v) is 6.76. The van der Waals surface area contributed by atoms with E-state index in [0.717, 1.165) is 16.7 Å². The van der Waals surface area contributed by atoms with E-state index in [4.69, 9.17) is 10.4 Å². The molecule has 0 spiro atoms. The van der Waals surface area contributed by atoms with Gasteiger partial charge >= 0.3 is 0 Å². The van der Waals surface area contributed by atoms with Crippen LogP contribution in [0.3, 0.4) is 0 Å². The van der Waals surface area contributed by atoms with Crippen LogP contribution in [0.1, 0.15) is 19.4 Å². The molecule has 1 aromatic heterocycles. The number of nitrogens with two attached hydrogens (primary N) is 1. The van der Waals surface area contributed by atoms with Gasteiger partial charge in [-0.25, -0.2) is 4.63 Å². The summed E-state index contributed by atoms with van der Waals surface area (Å²) >= 11 is 0. The first kappa shape index (κ1) is 13.6. The summed E-state index contributed by atoms with van der Waals surface area (Å²) in [5.74, 6) is 0. The lowest BCUT2D eigenvalue weighted by atomic mass is 9.90. The van der Waals surface area contributed by atoms with Gasteiger partial charge in [-0.3, -0.25) is 0 Å². The fourth-order valence-electron chi connectivity index (χ4n) is 2.49. The monoisotopic (exact) mass is 283 g/mol. The molecule has 0 unspecified atom stereocenters. The highest BCUT2D eigenvalue weighted by atomic mass is 16.6. The van der Waals surface area contributed by atoms with E-state index < -0.39 is 5.60 Å². The Bertz CT molecular complexity index is 788. The number of aliphatic hydroxyl groups is 1. The van der Waals surface area contributed by atoms with E-state index in [1.807, 2.05) is 36.4 Å². The summed E-state index contributed by atoms with van der Waals surface area (Å²) < 4.78 is 4.82. The van der Waals surface area contributed by atoms with Crippen molar-refractivity contribution in [3.05, 3.63) is 42.0 Å². The summed E-state index contributed by atoms with van der Waals surface area (Å²) in [6.07, 6.45) is 0.518. The first-order valence-electron chi connectivity index (χ1n) is 6.76. The van der Waals surface area contributed by atoms with E-state index in [0.29, 0.717) is 23.1 Å². The van der Waals surface area contributed by atoms with Gasteiger partial charge in [0, 0.05) is 17.7 Å². The molecule has 0 aliphatic rings. The molecule has 5 nitrogen and oxygen atoms in total. The molecule has 21 heavy (non-hydrogen) atoms. The highest BCUT2D eigenvalue weighted by Gasteiger charge is 2.18. The van der Waals surface area contributed by atoms with E-state index >= 15 is 0 Å². The lowest BCUT2D eigenvalue weighted by Crippen LogP contribution is -2.22. The van der Waals surface area contributed by atoms with Crippen LogP contribution in [0.4, 0.5) is 5.69 Å². The molecule has 0 saturated heterocycles. The van der Waals surface area contributed by atoms with E-state index in [9.17, 15) is 5.11 Å². The molecule has 3 rings (SSSR count). The van der Waals surface area contributed by atoms with Crippen LogP contribution in [0.15, 0.2) is 41.0 Å². The number of aromatic nitrogens is 2. The largest absolute Gasteiger partial charge is 0.399 e. The molecule has 0 aliphatic heterocycles. The van der Waals surface area contributed by atoms with Gasteiger partial charge in [0.05, 0.1) is 5.60 Å². The molecule has 5 heteroatoms. The normalized spacial score (nSPS) is 12.0. The maximum atomic E-state index is 10.1. The molecule has 0 bridgehead atoms. The number of nitrogen functional groups attached to an aromatic ring is 1. The Hall–Kier alpha value is -2.40. The number of nitrogens with zero attached hydrogens (tertiary/aromatic N) is 2. The molecule has 0 saturated carbocycles. The molecule has 0 fully saturated rings. The second-order valence-electron chi connectivity index (χ2n) is 5.84. The Morgan fingerprint density at radius 2 is 1.95 bits per heavy atom. The number of anilines is 1. The van der Waals surface area contributed by atoms with Crippen LogP contribution >= 0.6 is 0 Å². The second-order valence-corrected chi connectivity index (χ2v) is 5.84. The highest BCUT2D eigenvalue weighted by Crippen LogP contribution is 2.32. The molecule has 2 aromatic carbocycles. The number of hydrogen-bond donors (Lipinski definition) is 2. The summed E-state index contributed by atoms with van der Waals surface area (Å²) in [4.78, 5) is 0. The number of benzene rings is 2. The minimum Gasteiger partial charge on any atom is -0.399 e. The Morgan fingerprint density at radius 3 is 2.71 bits per heavy atom. The van der Waals surface area contributed by atoms with Crippen molar-refractivity contribution < 1.29 is 9.74 Å². The van der Waals surface area contributed by atoms with Crippen molar-refractivity contribution in [2.75, 3.05) is 5.73 Å². The van der Waals surface area contributed by atoms with Gasteiger partial charge in [0.15, 0.2) is 0 Å². The van der Waals surface area contributed by atoms with Gasteiger partial charge in [0.1, 0.15) is 11.0 Å². The number of hydrogen-bond acceptors (Lipinski definition) is 5. The van der Waals surface area contributed by atoms with Crippen molar-refractivity contribution in [3.8, 4) is 11.1 Å². The van der Waals surface area contributed by atoms with Crippen LogP contribution in [0.2, 0.25) is 0 Å². The van der Waals surface area contributed by atoms with Gasteiger partial charge in [-0.1, -0.05) is 18.2 Å². The molecule has 0 atom stereocenters. The average Bonchev–Trinajstić information content (AvgIpc) is 2.87. The molecule has 3 aromatic rings. The summed E-state index contributed by atoms with van der Waals surface area (Å²) in [5.41, 5.74) is 10.0. The van der Waals surface area contributed by atoms with Crippen LogP contribution in [-0.4, -0.2) is 21.0 Å². The van der Waals surface area contributed by atoms with Gasteiger partial charge < -0.3 is 10.8 Å². The van der Waals surface area contributed by atoms with Crippen LogP contribution in [0, 0.1) is 0 Å². The smallest absolute Gasteiger partial charge is 0.143 e. The Kier molecular flexibility index (Phi) is 3.14. The van der Waals surface area contributed by atoms with Crippen molar-refractivity contribution in [1.82, 2.24) is 10.3 Å². The van der Waals surface area contributed by atoms with Crippen LogP contribution in [0.5, 0.6) is 0 Å². The minimum absolute atomic E-state index is 0.518. The third kappa shape index (κ3) is 2.73. The SMILES string of the molecule is CC(C)(O)Cc1ccc(N)cc1-c1cccc2nonc12. The summed E-state index contributed by atoms with van der Waals surface area (Å²) in [6.45, 7) is 3.57. The predicted molar refractivity (Wildman–Crippen MR) is 81.7 cm³/mol. The maximum Gasteiger partial charge on any atom is 0.143 e. The average molecular weight is 283 g/mol. The van der Waals surface area contributed by atoms with E-state index in [-0.39, 0.29) is 0 Å². The third-order valence-electron chi connectivity index (χ3n) is 3.33. The number of fused-ring (bicyclic) bond motifs is 1. The van der Waals surface area contributed by atoms with Crippen molar-refractivity contribution in [3.63, 3.8) is 0 Å². The zero-order valence-corrected chi connectivity index (χ0v) is 12.0. The maximum absolute atomic E-state index is 10.1. The quantitative estimate of drug-likeness (QED) is 0.722. The molecule has 0 radical (unpaired) electrons. The van der Waals surface area contributed by atoms with Crippen LogP contribution < -0.4 is 5.73 Å². The van der Waals surface area contributed by atoms with Gasteiger partial charge in [0.25, 0.3) is 0 Å². The van der Waals surface area contributed by atoms with Crippen molar-refractivity contribution in [1.29, 1.82) is 0 Å². The van der Waals surface area contributed by atoms with Crippen LogP contribution in [-0.2, 0) is 6.42 Å². The van der Waals surface area contributed by atoms with E-state index in [1.54, 1.807) is 13.8 Å². The molecule has 1 heterocycles. The lowest BCUT2D eigenvalue weighted by Gasteiger charge is -2.20. The van der Waals surface area contributed by atoms with Crippen molar-refractivity contribution >= 4 is 16.7 Å². The Balaban J connectivity index is 2.21. The van der Waals surface area contributed by atoms with Crippen molar-refractivity contribution in [2.24, 2.45) is 0 Å². The van der Waals surface area contributed by atoms with E-state index in [2.05, 4.69) is 10.3 Å². The molecule has 0 aliphatic carbocycles. The summed E-state index contributed by atoms with van der Waals surface area (Å²) in [6, 6.07) is 11.4. The number of rotatable bonds is 3. The van der Waals surface area contributed by atoms with Gasteiger partial charge in [-0.15, -0.1) is 0 Å². The van der Waals surface area contributed by atoms with Gasteiger partial charge in [0.2, 0.25) is 0 Å².